The molecule has 2 heterocycles. The molecule has 2 aliphatic heterocycles. The molecule has 4 atom stereocenters. The van der Waals surface area contributed by atoms with E-state index in [0.717, 1.165) is 25.6 Å². The fourth-order valence-electron chi connectivity index (χ4n) is 2.91. The van der Waals surface area contributed by atoms with Gasteiger partial charge in [0.1, 0.15) is 6.17 Å². The zero-order valence-corrected chi connectivity index (χ0v) is 10.5. The molecule has 0 unspecified atom stereocenters. The van der Waals surface area contributed by atoms with Gasteiger partial charge in [0.05, 0.1) is 6.10 Å². The molecule has 0 aromatic heterocycles. The molecule has 2 nitrogen and oxygen atoms in total. The number of halogens is 1. The van der Waals surface area contributed by atoms with Gasteiger partial charge >= 0.3 is 0 Å². The van der Waals surface area contributed by atoms with E-state index >= 15 is 0 Å². The van der Waals surface area contributed by atoms with Crippen LogP contribution in [0.5, 0.6) is 0 Å². The predicted octanol–water partition coefficient (Wildman–Crippen LogP) is 2.48. The van der Waals surface area contributed by atoms with Crippen molar-refractivity contribution in [2.45, 2.75) is 45.4 Å². The Morgan fingerprint density at radius 3 is 2.88 bits per heavy atom. The van der Waals surface area contributed by atoms with Crippen LogP contribution < -0.4 is 0 Å². The summed E-state index contributed by atoms with van der Waals surface area (Å²) >= 11 is 0. The molecule has 0 saturated carbocycles. The van der Waals surface area contributed by atoms with E-state index in [2.05, 4.69) is 11.8 Å². The molecule has 0 aromatic rings. The zero-order valence-electron chi connectivity index (χ0n) is 10.5. The fourth-order valence-corrected chi connectivity index (χ4v) is 2.91. The first-order valence-corrected chi connectivity index (χ1v) is 6.65. The SMILES string of the molecule is C[C@@H]1CCCN(C[C@H]2OCC[C@H](F)[C@@H]2C)C1. The molecule has 2 saturated heterocycles. The van der Waals surface area contributed by atoms with Crippen LogP contribution in [0.15, 0.2) is 0 Å². The summed E-state index contributed by atoms with van der Waals surface area (Å²) in [5, 5.41) is 0. The molecule has 2 rings (SSSR count). The van der Waals surface area contributed by atoms with Gasteiger partial charge in [-0.05, 0) is 25.3 Å². The minimum atomic E-state index is -0.666. The molecule has 0 N–H and O–H groups in total. The maximum Gasteiger partial charge on any atom is 0.107 e. The normalized spacial score (nSPS) is 42.2. The van der Waals surface area contributed by atoms with Gasteiger partial charge in [-0.25, -0.2) is 4.39 Å². The molecule has 3 heteroatoms. The molecule has 2 fully saturated rings. The lowest BCUT2D eigenvalue weighted by atomic mass is 9.93. The Bertz CT molecular complexity index is 224. The second kappa shape index (κ2) is 5.46. The van der Waals surface area contributed by atoms with Gasteiger partial charge in [-0.2, -0.15) is 0 Å². The molecule has 0 spiro atoms. The van der Waals surface area contributed by atoms with Crippen LogP contribution >= 0.6 is 0 Å². The molecule has 0 bridgehead atoms. The van der Waals surface area contributed by atoms with Crippen molar-refractivity contribution >= 4 is 0 Å². The highest BCUT2D eigenvalue weighted by molar-refractivity contribution is 4.82. The standard InChI is InChI=1S/C13H24FNO/c1-10-4-3-6-15(8-10)9-13-11(2)12(14)5-7-16-13/h10-13H,3-9H2,1-2H3/t10-,11+,12+,13-/m1/s1. The Hall–Kier alpha value is -0.150. The first-order valence-electron chi connectivity index (χ1n) is 6.65. The van der Waals surface area contributed by atoms with E-state index in [1.54, 1.807) is 0 Å². The van der Waals surface area contributed by atoms with Crippen LogP contribution in [-0.2, 0) is 4.74 Å². The summed E-state index contributed by atoms with van der Waals surface area (Å²) < 4.78 is 19.3. The lowest BCUT2D eigenvalue weighted by molar-refractivity contribution is -0.0755. The first kappa shape index (κ1) is 12.3. The molecule has 94 valence electrons. The third kappa shape index (κ3) is 2.95. The monoisotopic (exact) mass is 229 g/mol. The van der Waals surface area contributed by atoms with Crippen LogP contribution in [0.3, 0.4) is 0 Å². The highest BCUT2D eigenvalue weighted by atomic mass is 19.1. The van der Waals surface area contributed by atoms with E-state index in [4.69, 9.17) is 4.74 Å². The Kier molecular flexibility index (Phi) is 4.20. The number of ether oxygens (including phenoxy) is 1. The third-order valence-electron chi connectivity index (χ3n) is 4.06. The summed E-state index contributed by atoms with van der Waals surface area (Å²) in [5.74, 6) is 0.847. The number of piperidine rings is 1. The number of rotatable bonds is 2. The second-order valence-corrected chi connectivity index (χ2v) is 5.58. The van der Waals surface area contributed by atoms with Gasteiger partial charge in [0.15, 0.2) is 0 Å². The molecular weight excluding hydrogens is 205 g/mol. The summed E-state index contributed by atoms with van der Waals surface area (Å²) in [4.78, 5) is 2.45. The minimum absolute atomic E-state index is 0.0611. The van der Waals surface area contributed by atoms with Gasteiger partial charge in [0.25, 0.3) is 0 Å². The van der Waals surface area contributed by atoms with Gasteiger partial charge in [0, 0.05) is 32.0 Å². The Labute approximate surface area is 98.1 Å². The number of alkyl halides is 1. The van der Waals surface area contributed by atoms with Gasteiger partial charge in [-0.15, -0.1) is 0 Å². The summed E-state index contributed by atoms with van der Waals surface area (Å²) in [7, 11) is 0. The predicted molar refractivity (Wildman–Crippen MR) is 63.3 cm³/mol. The van der Waals surface area contributed by atoms with E-state index in [-0.39, 0.29) is 12.0 Å². The molecule has 16 heavy (non-hydrogen) atoms. The second-order valence-electron chi connectivity index (χ2n) is 5.58. The number of hydrogen-bond acceptors (Lipinski definition) is 2. The number of nitrogens with zero attached hydrogens (tertiary/aromatic N) is 1. The topological polar surface area (TPSA) is 12.5 Å². The van der Waals surface area contributed by atoms with Crippen molar-refractivity contribution in [1.29, 1.82) is 0 Å². The van der Waals surface area contributed by atoms with E-state index in [0.29, 0.717) is 13.0 Å². The van der Waals surface area contributed by atoms with Crippen LogP contribution in [0.4, 0.5) is 4.39 Å². The number of hydrogen-bond donors (Lipinski definition) is 0. The van der Waals surface area contributed by atoms with Crippen LogP contribution in [0.2, 0.25) is 0 Å². The van der Waals surface area contributed by atoms with Crippen molar-refractivity contribution in [3.05, 3.63) is 0 Å². The maximum absolute atomic E-state index is 13.6. The largest absolute Gasteiger partial charge is 0.376 e. The molecule has 0 aliphatic carbocycles. The highest BCUT2D eigenvalue weighted by Crippen LogP contribution is 2.25. The smallest absolute Gasteiger partial charge is 0.107 e. The zero-order chi connectivity index (χ0) is 11.5. The Morgan fingerprint density at radius 2 is 2.12 bits per heavy atom. The molecular formula is C13H24FNO. The third-order valence-corrected chi connectivity index (χ3v) is 4.06. The fraction of sp³-hybridized carbons (Fsp3) is 1.00. The maximum atomic E-state index is 13.6. The first-order chi connectivity index (χ1) is 7.66. The quantitative estimate of drug-likeness (QED) is 0.721. The molecule has 0 aromatic carbocycles. The Morgan fingerprint density at radius 1 is 1.31 bits per heavy atom. The van der Waals surface area contributed by atoms with Crippen molar-refractivity contribution < 1.29 is 9.13 Å². The van der Waals surface area contributed by atoms with E-state index in [9.17, 15) is 4.39 Å². The van der Waals surface area contributed by atoms with Gasteiger partial charge in [-0.3, -0.25) is 0 Å². The van der Waals surface area contributed by atoms with Crippen LogP contribution in [-0.4, -0.2) is 43.4 Å². The average molecular weight is 229 g/mol. The lowest BCUT2D eigenvalue weighted by Gasteiger charge is -2.38. The van der Waals surface area contributed by atoms with E-state index < -0.39 is 6.17 Å². The summed E-state index contributed by atoms with van der Waals surface area (Å²) in [6.07, 6.45) is 2.63. The Balaban J connectivity index is 1.83. The number of likely N-dealkylation sites (tertiary alicyclic amines) is 1. The molecule has 0 amide bonds. The average Bonchev–Trinajstić information content (AvgIpc) is 2.25. The molecule has 0 radical (unpaired) electrons. The summed E-state index contributed by atoms with van der Waals surface area (Å²) in [5.41, 5.74) is 0. The van der Waals surface area contributed by atoms with Crippen LogP contribution in [0.1, 0.15) is 33.1 Å². The van der Waals surface area contributed by atoms with Crippen molar-refractivity contribution in [3.63, 3.8) is 0 Å². The van der Waals surface area contributed by atoms with Crippen LogP contribution in [0, 0.1) is 11.8 Å². The van der Waals surface area contributed by atoms with Crippen LogP contribution in [0.25, 0.3) is 0 Å². The van der Waals surface area contributed by atoms with Gasteiger partial charge in [-0.1, -0.05) is 13.8 Å². The lowest BCUT2D eigenvalue weighted by Crippen LogP contribution is -2.46. The van der Waals surface area contributed by atoms with Crippen molar-refractivity contribution in [2.75, 3.05) is 26.2 Å². The van der Waals surface area contributed by atoms with Crippen molar-refractivity contribution in [2.24, 2.45) is 11.8 Å². The van der Waals surface area contributed by atoms with Gasteiger partial charge in [0.2, 0.25) is 0 Å². The summed E-state index contributed by atoms with van der Waals surface area (Å²) in [6.45, 7) is 8.13. The van der Waals surface area contributed by atoms with Crippen molar-refractivity contribution in [3.8, 4) is 0 Å². The highest BCUT2D eigenvalue weighted by Gasteiger charge is 2.32. The minimum Gasteiger partial charge on any atom is -0.376 e. The van der Waals surface area contributed by atoms with E-state index in [1.165, 1.54) is 12.8 Å². The molecule has 2 aliphatic rings. The van der Waals surface area contributed by atoms with Gasteiger partial charge < -0.3 is 9.64 Å². The van der Waals surface area contributed by atoms with E-state index in [1.807, 2.05) is 6.92 Å². The summed E-state index contributed by atoms with van der Waals surface area (Å²) in [6, 6.07) is 0. The van der Waals surface area contributed by atoms with Crippen molar-refractivity contribution in [1.82, 2.24) is 4.90 Å².